The molecule has 3 nitrogen and oxygen atoms in total. The number of aryl methyl sites for hydroxylation is 1. The molecule has 6 heteroatoms. The van der Waals surface area contributed by atoms with E-state index >= 15 is 0 Å². The maximum absolute atomic E-state index is 5.91. The highest BCUT2D eigenvalue weighted by molar-refractivity contribution is 7.23. The molecule has 2 aromatic heterocycles. The van der Waals surface area contributed by atoms with Crippen LogP contribution in [0.2, 0.25) is 4.34 Å². The molecule has 17 heavy (non-hydrogen) atoms. The Bertz CT molecular complexity index is 535. The van der Waals surface area contributed by atoms with E-state index in [1.54, 1.807) is 17.5 Å². The van der Waals surface area contributed by atoms with Gasteiger partial charge in [0.05, 0.1) is 17.9 Å². The van der Waals surface area contributed by atoms with Crippen LogP contribution in [0, 0.1) is 0 Å². The number of thiazole rings is 2. The van der Waals surface area contributed by atoms with Crippen molar-refractivity contribution in [1.29, 1.82) is 0 Å². The Hall–Kier alpha value is -0.490. The summed E-state index contributed by atoms with van der Waals surface area (Å²) in [7, 11) is 2.00. The third-order valence-electron chi connectivity index (χ3n) is 2.96. The highest BCUT2D eigenvalue weighted by Crippen LogP contribution is 2.38. The van der Waals surface area contributed by atoms with Gasteiger partial charge in [0.1, 0.15) is 4.34 Å². The topological polar surface area (TPSA) is 37.8 Å². The predicted octanol–water partition coefficient (Wildman–Crippen LogP) is 3.52. The number of aromatic nitrogens is 2. The minimum atomic E-state index is 0.402. The Morgan fingerprint density at radius 2 is 2.29 bits per heavy atom. The van der Waals surface area contributed by atoms with Crippen LogP contribution in [0.1, 0.15) is 29.5 Å². The number of halogens is 1. The summed E-state index contributed by atoms with van der Waals surface area (Å²) >= 11 is 9.17. The second kappa shape index (κ2) is 4.65. The molecular weight excluding hydrogens is 274 g/mol. The molecule has 0 bridgehead atoms. The van der Waals surface area contributed by atoms with Gasteiger partial charge in [-0.05, 0) is 26.3 Å². The Balaban J connectivity index is 2.01. The number of nitrogens with one attached hydrogen (secondary N) is 1. The molecule has 1 N–H and O–H groups in total. The zero-order valence-corrected chi connectivity index (χ0v) is 11.8. The molecule has 2 aromatic rings. The quantitative estimate of drug-likeness (QED) is 0.917. The summed E-state index contributed by atoms with van der Waals surface area (Å²) in [6, 6.07) is 0.402. The normalized spacial score (nSPS) is 19.3. The third kappa shape index (κ3) is 2.12. The van der Waals surface area contributed by atoms with E-state index in [1.165, 1.54) is 34.7 Å². The molecule has 1 aliphatic rings. The zero-order chi connectivity index (χ0) is 11.8. The summed E-state index contributed by atoms with van der Waals surface area (Å²) in [5, 5.41) is 5.27. The van der Waals surface area contributed by atoms with E-state index in [-0.39, 0.29) is 0 Å². The van der Waals surface area contributed by atoms with Crippen molar-refractivity contribution in [3.05, 3.63) is 21.1 Å². The minimum absolute atomic E-state index is 0.402. The molecule has 0 fully saturated rings. The molecule has 2 heterocycles. The largest absolute Gasteiger partial charge is 0.312 e. The van der Waals surface area contributed by atoms with Crippen LogP contribution >= 0.6 is 34.3 Å². The van der Waals surface area contributed by atoms with Crippen LogP contribution in [0.15, 0.2) is 6.20 Å². The average molecular weight is 286 g/mol. The second-order valence-electron chi connectivity index (χ2n) is 4.03. The van der Waals surface area contributed by atoms with Crippen molar-refractivity contribution in [2.75, 3.05) is 7.05 Å². The van der Waals surface area contributed by atoms with Crippen LogP contribution in [0.5, 0.6) is 0 Å². The van der Waals surface area contributed by atoms with Gasteiger partial charge in [0, 0.05) is 4.88 Å². The molecule has 1 unspecified atom stereocenters. The van der Waals surface area contributed by atoms with Gasteiger partial charge in [-0.3, -0.25) is 0 Å². The van der Waals surface area contributed by atoms with Gasteiger partial charge >= 0.3 is 0 Å². The number of hydrogen-bond donors (Lipinski definition) is 1. The first-order chi connectivity index (χ1) is 8.28. The Labute approximate surface area is 113 Å². The summed E-state index contributed by atoms with van der Waals surface area (Å²) in [5.74, 6) is 0. The van der Waals surface area contributed by atoms with Gasteiger partial charge in [-0.2, -0.15) is 0 Å². The number of fused-ring (bicyclic) bond motifs is 1. The van der Waals surface area contributed by atoms with Crippen LogP contribution in [0.3, 0.4) is 0 Å². The molecule has 0 saturated carbocycles. The fourth-order valence-electron chi connectivity index (χ4n) is 2.14. The maximum Gasteiger partial charge on any atom is 0.153 e. The van der Waals surface area contributed by atoms with Crippen molar-refractivity contribution in [3.8, 4) is 10.0 Å². The van der Waals surface area contributed by atoms with Gasteiger partial charge < -0.3 is 5.32 Å². The molecule has 1 aliphatic carbocycles. The molecule has 0 aromatic carbocycles. The van der Waals surface area contributed by atoms with Crippen LogP contribution in [-0.4, -0.2) is 17.0 Å². The van der Waals surface area contributed by atoms with Crippen LogP contribution < -0.4 is 5.32 Å². The van der Waals surface area contributed by atoms with Crippen LogP contribution in [0.25, 0.3) is 10.0 Å². The van der Waals surface area contributed by atoms with Gasteiger partial charge in [-0.15, -0.1) is 11.3 Å². The van der Waals surface area contributed by atoms with Gasteiger partial charge in [0.2, 0.25) is 0 Å². The molecular formula is C11H12ClN3S2. The summed E-state index contributed by atoms with van der Waals surface area (Å²) < 4.78 is 0.721. The van der Waals surface area contributed by atoms with Crippen molar-refractivity contribution >= 4 is 34.3 Å². The second-order valence-corrected chi connectivity index (χ2v) is 6.78. The molecule has 0 amide bonds. The van der Waals surface area contributed by atoms with Crippen LogP contribution in [-0.2, 0) is 6.42 Å². The highest BCUT2D eigenvalue weighted by Gasteiger charge is 2.24. The van der Waals surface area contributed by atoms with Gasteiger partial charge in [0.15, 0.2) is 10.0 Å². The smallest absolute Gasteiger partial charge is 0.153 e. The maximum atomic E-state index is 5.91. The number of rotatable bonds is 2. The summed E-state index contributed by atoms with van der Waals surface area (Å²) in [6.45, 7) is 0. The lowest BCUT2D eigenvalue weighted by Gasteiger charge is -2.19. The standard InChI is InChI=1S/C11H12ClN3S2/c1-13-6-3-2-4-7-9(6)15-11(16-7)10-14-5-8(12)17-10/h5-6,13H,2-4H2,1H3. The van der Waals surface area contributed by atoms with E-state index in [0.717, 1.165) is 20.8 Å². The van der Waals surface area contributed by atoms with Gasteiger partial charge in [-0.25, -0.2) is 9.97 Å². The Kier molecular flexibility index (Phi) is 3.17. The van der Waals surface area contributed by atoms with Crippen molar-refractivity contribution in [1.82, 2.24) is 15.3 Å². The van der Waals surface area contributed by atoms with Gasteiger partial charge in [0.25, 0.3) is 0 Å². The van der Waals surface area contributed by atoms with E-state index in [1.807, 2.05) is 7.05 Å². The molecule has 0 radical (unpaired) electrons. The lowest BCUT2D eigenvalue weighted by Crippen LogP contribution is -2.21. The lowest BCUT2D eigenvalue weighted by atomic mass is 9.98. The number of hydrogen-bond acceptors (Lipinski definition) is 5. The average Bonchev–Trinajstić information content (AvgIpc) is 2.93. The van der Waals surface area contributed by atoms with Crippen molar-refractivity contribution < 1.29 is 0 Å². The van der Waals surface area contributed by atoms with E-state index < -0.39 is 0 Å². The first kappa shape index (κ1) is 11.6. The fraction of sp³-hybridized carbons (Fsp3) is 0.455. The van der Waals surface area contributed by atoms with Crippen molar-refractivity contribution in [3.63, 3.8) is 0 Å². The monoisotopic (exact) mass is 285 g/mol. The SMILES string of the molecule is CNC1CCCc2sc(-c3ncc(Cl)s3)nc21. The Morgan fingerprint density at radius 3 is 3.00 bits per heavy atom. The third-order valence-corrected chi connectivity index (χ3v) is 5.35. The predicted molar refractivity (Wildman–Crippen MR) is 73.0 cm³/mol. The summed E-state index contributed by atoms with van der Waals surface area (Å²) in [6.07, 6.45) is 5.24. The molecule has 0 spiro atoms. The first-order valence-corrected chi connectivity index (χ1v) is 7.57. The fourth-order valence-corrected chi connectivity index (χ4v) is 4.25. The van der Waals surface area contributed by atoms with E-state index in [9.17, 15) is 0 Å². The van der Waals surface area contributed by atoms with Crippen molar-refractivity contribution in [2.24, 2.45) is 0 Å². The zero-order valence-electron chi connectivity index (χ0n) is 9.36. The van der Waals surface area contributed by atoms with Crippen LogP contribution in [0.4, 0.5) is 0 Å². The van der Waals surface area contributed by atoms with E-state index in [4.69, 9.17) is 16.6 Å². The summed E-state index contributed by atoms with van der Waals surface area (Å²) in [4.78, 5) is 10.4. The molecule has 3 rings (SSSR count). The van der Waals surface area contributed by atoms with E-state index in [2.05, 4.69) is 10.3 Å². The molecule has 0 aliphatic heterocycles. The number of nitrogens with zero attached hydrogens (tertiary/aromatic N) is 2. The highest BCUT2D eigenvalue weighted by atomic mass is 35.5. The molecule has 90 valence electrons. The van der Waals surface area contributed by atoms with Crippen molar-refractivity contribution in [2.45, 2.75) is 25.3 Å². The van der Waals surface area contributed by atoms with Gasteiger partial charge in [-0.1, -0.05) is 22.9 Å². The molecule has 1 atom stereocenters. The Morgan fingerprint density at radius 1 is 1.41 bits per heavy atom. The van der Waals surface area contributed by atoms with E-state index in [0.29, 0.717) is 6.04 Å². The lowest BCUT2D eigenvalue weighted by molar-refractivity contribution is 0.490. The summed E-state index contributed by atoms with van der Waals surface area (Å²) in [5.41, 5.74) is 1.21. The minimum Gasteiger partial charge on any atom is -0.312 e. The first-order valence-electron chi connectivity index (χ1n) is 5.56. The molecule has 0 saturated heterocycles.